The second-order valence-corrected chi connectivity index (χ2v) is 5.44. The van der Waals surface area contributed by atoms with Crippen molar-refractivity contribution < 1.29 is 4.63 Å². The van der Waals surface area contributed by atoms with Crippen molar-refractivity contribution in [3.63, 3.8) is 0 Å². The van der Waals surface area contributed by atoms with Crippen LogP contribution in [0.4, 0.5) is 11.4 Å². The molecule has 1 aliphatic rings. The number of piperazine rings is 1. The van der Waals surface area contributed by atoms with Crippen molar-refractivity contribution in [1.82, 2.24) is 20.1 Å². The van der Waals surface area contributed by atoms with E-state index in [0.29, 0.717) is 22.8 Å². The first-order valence-electron chi connectivity index (χ1n) is 6.78. The molecule has 3 N–H and O–H groups in total. The SMILES string of the molecule is CN1CCN(C)C(CNc2ccc(N)c3nonc23)C1. The normalized spacial score (nSPS) is 21.4. The van der Waals surface area contributed by atoms with Crippen LogP contribution in [-0.4, -0.2) is 66.4 Å². The lowest BCUT2D eigenvalue weighted by Crippen LogP contribution is -2.52. The Morgan fingerprint density at radius 3 is 2.95 bits per heavy atom. The first-order valence-corrected chi connectivity index (χ1v) is 6.78. The summed E-state index contributed by atoms with van der Waals surface area (Å²) in [5, 5.41) is 11.2. The van der Waals surface area contributed by atoms with Crippen molar-refractivity contribution in [1.29, 1.82) is 0 Å². The lowest BCUT2D eigenvalue weighted by Gasteiger charge is -2.37. The summed E-state index contributed by atoms with van der Waals surface area (Å²) >= 11 is 0. The second kappa shape index (κ2) is 5.26. The summed E-state index contributed by atoms with van der Waals surface area (Å²) in [6.07, 6.45) is 0. The molecular formula is C13H20N6O. The third kappa shape index (κ3) is 2.41. The Kier molecular flexibility index (Phi) is 3.45. The first-order chi connectivity index (χ1) is 9.65. The standard InChI is InChI=1S/C13H20N6O/c1-18-5-6-19(2)9(8-18)7-15-11-4-3-10(14)12-13(11)17-20-16-12/h3-4,9,15H,5-8,14H2,1-2H3. The van der Waals surface area contributed by atoms with Crippen molar-refractivity contribution >= 4 is 22.4 Å². The average Bonchev–Trinajstić information content (AvgIpc) is 2.92. The van der Waals surface area contributed by atoms with Crippen LogP contribution in [0.2, 0.25) is 0 Å². The number of likely N-dealkylation sites (N-methyl/N-ethyl adjacent to an activating group) is 2. The molecule has 0 radical (unpaired) electrons. The van der Waals surface area contributed by atoms with Crippen LogP contribution in [0.1, 0.15) is 0 Å². The maximum absolute atomic E-state index is 5.84. The Bertz CT molecular complexity index is 598. The number of nitrogen functional groups attached to an aromatic ring is 1. The summed E-state index contributed by atoms with van der Waals surface area (Å²) in [7, 11) is 4.32. The monoisotopic (exact) mass is 276 g/mol. The first kappa shape index (κ1) is 13.1. The van der Waals surface area contributed by atoms with Gasteiger partial charge in [0.25, 0.3) is 0 Å². The molecule has 7 nitrogen and oxygen atoms in total. The van der Waals surface area contributed by atoms with Gasteiger partial charge in [-0.05, 0) is 36.5 Å². The summed E-state index contributed by atoms with van der Waals surface area (Å²) < 4.78 is 4.78. The van der Waals surface area contributed by atoms with Crippen LogP contribution in [0.5, 0.6) is 0 Å². The highest BCUT2D eigenvalue weighted by atomic mass is 16.6. The quantitative estimate of drug-likeness (QED) is 0.788. The van der Waals surface area contributed by atoms with Crippen molar-refractivity contribution in [3.05, 3.63) is 12.1 Å². The molecule has 2 heterocycles. The van der Waals surface area contributed by atoms with Crippen LogP contribution in [0, 0.1) is 0 Å². The molecule has 0 saturated carbocycles. The summed E-state index contributed by atoms with van der Waals surface area (Å²) in [5.74, 6) is 0. The number of fused-ring (bicyclic) bond motifs is 1. The highest BCUT2D eigenvalue weighted by molar-refractivity contribution is 5.94. The molecule has 3 rings (SSSR count). The lowest BCUT2D eigenvalue weighted by atomic mass is 10.1. The van der Waals surface area contributed by atoms with E-state index in [1.807, 2.05) is 12.1 Å². The molecule has 0 amide bonds. The maximum Gasteiger partial charge on any atom is 0.160 e. The molecule has 0 spiro atoms. The molecule has 1 atom stereocenters. The van der Waals surface area contributed by atoms with Gasteiger partial charge in [0.15, 0.2) is 11.0 Å². The largest absolute Gasteiger partial charge is 0.397 e. The van der Waals surface area contributed by atoms with Gasteiger partial charge in [-0.1, -0.05) is 0 Å². The molecule has 1 aromatic heterocycles. The minimum Gasteiger partial charge on any atom is -0.397 e. The van der Waals surface area contributed by atoms with E-state index in [2.05, 4.69) is 39.5 Å². The Labute approximate surface area is 117 Å². The number of nitrogens with zero attached hydrogens (tertiary/aromatic N) is 4. The predicted octanol–water partition coefficient (Wildman–Crippen LogP) is 0.463. The van der Waals surface area contributed by atoms with E-state index in [0.717, 1.165) is 31.9 Å². The van der Waals surface area contributed by atoms with Crippen LogP contribution >= 0.6 is 0 Å². The lowest BCUT2D eigenvalue weighted by molar-refractivity contribution is 0.122. The topological polar surface area (TPSA) is 83.5 Å². The van der Waals surface area contributed by atoms with Crippen molar-refractivity contribution in [2.24, 2.45) is 0 Å². The number of anilines is 2. The van der Waals surface area contributed by atoms with Gasteiger partial charge in [-0.25, -0.2) is 4.63 Å². The number of aromatic nitrogens is 2. The average molecular weight is 276 g/mol. The van der Waals surface area contributed by atoms with Crippen molar-refractivity contribution in [2.75, 3.05) is 51.3 Å². The molecule has 1 fully saturated rings. The van der Waals surface area contributed by atoms with Crippen LogP contribution < -0.4 is 11.1 Å². The minimum absolute atomic E-state index is 0.473. The van der Waals surface area contributed by atoms with Gasteiger partial charge in [0.2, 0.25) is 0 Å². The number of nitrogens with two attached hydrogens (primary N) is 1. The number of rotatable bonds is 3. The number of hydrogen-bond acceptors (Lipinski definition) is 7. The van der Waals surface area contributed by atoms with Gasteiger partial charge < -0.3 is 16.0 Å². The van der Waals surface area contributed by atoms with Crippen LogP contribution in [0.25, 0.3) is 11.0 Å². The Morgan fingerprint density at radius 2 is 2.10 bits per heavy atom. The molecule has 7 heteroatoms. The van der Waals surface area contributed by atoms with E-state index >= 15 is 0 Å². The smallest absolute Gasteiger partial charge is 0.160 e. The number of nitrogens with one attached hydrogen (secondary N) is 1. The maximum atomic E-state index is 5.84. The highest BCUT2D eigenvalue weighted by Crippen LogP contribution is 2.25. The molecule has 0 aliphatic carbocycles. The third-order valence-corrected chi connectivity index (χ3v) is 3.95. The van der Waals surface area contributed by atoms with Gasteiger partial charge in [-0.15, -0.1) is 0 Å². The Hall–Kier alpha value is -1.86. The van der Waals surface area contributed by atoms with Crippen molar-refractivity contribution in [3.8, 4) is 0 Å². The van der Waals surface area contributed by atoms with E-state index in [-0.39, 0.29) is 0 Å². The second-order valence-electron chi connectivity index (χ2n) is 5.44. The molecule has 1 unspecified atom stereocenters. The Balaban J connectivity index is 1.73. The molecule has 108 valence electrons. The molecule has 0 bridgehead atoms. The third-order valence-electron chi connectivity index (χ3n) is 3.95. The van der Waals surface area contributed by atoms with E-state index in [1.54, 1.807) is 0 Å². The summed E-state index contributed by atoms with van der Waals surface area (Å²) in [6, 6.07) is 4.22. The van der Waals surface area contributed by atoms with E-state index < -0.39 is 0 Å². The molecular weight excluding hydrogens is 256 g/mol. The summed E-state index contributed by atoms with van der Waals surface area (Å²) in [6.45, 7) is 4.11. The van der Waals surface area contributed by atoms with Crippen molar-refractivity contribution in [2.45, 2.75) is 6.04 Å². The number of hydrogen-bond donors (Lipinski definition) is 2. The van der Waals surface area contributed by atoms with Gasteiger partial charge in [-0.3, -0.25) is 4.90 Å². The zero-order valence-electron chi connectivity index (χ0n) is 11.8. The van der Waals surface area contributed by atoms with E-state index in [9.17, 15) is 0 Å². The van der Waals surface area contributed by atoms with Gasteiger partial charge in [0.05, 0.1) is 11.4 Å². The zero-order valence-corrected chi connectivity index (χ0v) is 11.8. The van der Waals surface area contributed by atoms with Crippen LogP contribution in [0.15, 0.2) is 16.8 Å². The Morgan fingerprint density at radius 1 is 1.30 bits per heavy atom. The zero-order chi connectivity index (χ0) is 14.1. The fourth-order valence-electron chi connectivity index (χ4n) is 2.58. The molecule has 2 aromatic rings. The van der Waals surface area contributed by atoms with Gasteiger partial charge in [0.1, 0.15) is 0 Å². The summed E-state index contributed by atoms with van der Waals surface area (Å²) in [5.41, 5.74) is 8.65. The molecule has 1 aromatic carbocycles. The number of benzene rings is 1. The molecule has 20 heavy (non-hydrogen) atoms. The van der Waals surface area contributed by atoms with Gasteiger partial charge in [-0.2, -0.15) is 0 Å². The van der Waals surface area contributed by atoms with E-state index in [1.165, 1.54) is 0 Å². The fourth-order valence-corrected chi connectivity index (χ4v) is 2.58. The predicted molar refractivity (Wildman–Crippen MR) is 78.6 cm³/mol. The van der Waals surface area contributed by atoms with E-state index in [4.69, 9.17) is 10.4 Å². The highest BCUT2D eigenvalue weighted by Gasteiger charge is 2.22. The fraction of sp³-hybridized carbons (Fsp3) is 0.538. The molecule has 1 saturated heterocycles. The van der Waals surface area contributed by atoms with Gasteiger partial charge in [0, 0.05) is 32.2 Å². The van der Waals surface area contributed by atoms with Crippen LogP contribution in [0.3, 0.4) is 0 Å². The van der Waals surface area contributed by atoms with Gasteiger partial charge >= 0.3 is 0 Å². The van der Waals surface area contributed by atoms with Crippen LogP contribution in [-0.2, 0) is 0 Å². The molecule has 1 aliphatic heterocycles. The summed E-state index contributed by atoms with van der Waals surface area (Å²) in [4.78, 5) is 4.73. The minimum atomic E-state index is 0.473.